The molecule has 2 aromatic rings. The molecule has 0 aromatic heterocycles. The van der Waals surface area contributed by atoms with Crippen molar-refractivity contribution in [2.24, 2.45) is 29.6 Å². The number of rotatable bonds is 4. The summed E-state index contributed by atoms with van der Waals surface area (Å²) in [7, 11) is 0. The molecule has 2 aliphatic carbocycles. The molecule has 2 aromatic carbocycles. The van der Waals surface area contributed by atoms with Gasteiger partial charge in [0, 0.05) is 27.6 Å². The van der Waals surface area contributed by atoms with Gasteiger partial charge in [-0.3, -0.25) is 19.2 Å². The van der Waals surface area contributed by atoms with E-state index in [0.29, 0.717) is 27.0 Å². The zero-order valence-electron chi connectivity index (χ0n) is 20.1. The number of nitrogens with zero attached hydrogens (tertiary/aromatic N) is 2. The zero-order valence-corrected chi connectivity index (χ0v) is 24.8. The predicted octanol–water partition coefficient (Wildman–Crippen LogP) is 5.54. The Hall–Kier alpha value is -1.94. The van der Waals surface area contributed by atoms with Crippen molar-refractivity contribution in [2.75, 3.05) is 16.3 Å². The lowest BCUT2D eigenvalue weighted by Gasteiger charge is -2.28. The Morgan fingerprint density at radius 1 is 0.947 bits per heavy atom. The molecule has 6 rings (SSSR count). The van der Waals surface area contributed by atoms with E-state index in [1.165, 1.54) is 9.80 Å². The molecule has 11 heteroatoms. The van der Waals surface area contributed by atoms with E-state index in [1.54, 1.807) is 43.3 Å². The number of amides is 3. The molecule has 7 nitrogen and oxygen atoms in total. The van der Waals surface area contributed by atoms with E-state index in [9.17, 15) is 19.2 Å². The topological polar surface area (TPSA) is 84.0 Å². The number of esters is 1. The fourth-order valence-electron chi connectivity index (χ4n) is 6.52. The van der Waals surface area contributed by atoms with E-state index in [-0.39, 0.29) is 69.8 Å². The van der Waals surface area contributed by atoms with Crippen molar-refractivity contribution < 1.29 is 23.9 Å². The number of ether oxygens (including phenoxy) is 1. The lowest BCUT2D eigenvalue weighted by atomic mass is 9.81. The maximum atomic E-state index is 13.4. The fourth-order valence-corrected chi connectivity index (χ4v) is 8.78. The van der Waals surface area contributed by atoms with Gasteiger partial charge < -0.3 is 9.64 Å². The number of benzene rings is 2. The van der Waals surface area contributed by atoms with E-state index < -0.39 is 11.9 Å². The van der Waals surface area contributed by atoms with Gasteiger partial charge in [-0.25, -0.2) is 4.90 Å². The average molecular weight is 685 g/mol. The molecule has 4 aliphatic rings. The summed E-state index contributed by atoms with van der Waals surface area (Å²) >= 11 is 19.7. The van der Waals surface area contributed by atoms with Crippen LogP contribution in [0.25, 0.3) is 0 Å². The van der Waals surface area contributed by atoms with Crippen LogP contribution >= 0.6 is 55.1 Å². The summed E-state index contributed by atoms with van der Waals surface area (Å²) in [6, 6.07) is 9.68. The minimum Gasteiger partial charge on any atom is -0.426 e. The summed E-state index contributed by atoms with van der Waals surface area (Å²) in [6.45, 7) is 1.90. The molecule has 0 spiro atoms. The third-order valence-electron chi connectivity index (χ3n) is 8.27. The zero-order chi connectivity index (χ0) is 27.0. The first-order chi connectivity index (χ1) is 18.1. The van der Waals surface area contributed by atoms with Crippen molar-refractivity contribution in [2.45, 2.75) is 29.4 Å². The number of halogens is 4. The van der Waals surface area contributed by atoms with Gasteiger partial charge in [-0.05, 0) is 67.1 Å². The SMILES string of the molecule is Cc1cc(OC(=O)[C@@H]2CC(=O)N(c3cc(Cl)ccc3Cl)C2)ccc1N1C(=O)[C@@H]2[C@H]3C[C@@H]([C@@H](Br)[C@H]3Br)[C@H]2C1=O. The molecule has 0 radical (unpaired) electrons. The van der Waals surface area contributed by atoms with Gasteiger partial charge >= 0.3 is 5.97 Å². The van der Waals surface area contributed by atoms with Crippen molar-refractivity contribution in [3.05, 3.63) is 52.0 Å². The van der Waals surface area contributed by atoms with Crippen molar-refractivity contribution in [3.63, 3.8) is 0 Å². The normalized spacial score (nSPS) is 31.9. The number of carbonyl (C=O) groups excluding carboxylic acids is 4. The van der Waals surface area contributed by atoms with E-state index in [1.807, 2.05) is 0 Å². The van der Waals surface area contributed by atoms with Crippen LogP contribution in [-0.4, -0.2) is 39.9 Å². The third-order valence-corrected chi connectivity index (χ3v) is 12.0. The number of alkyl halides is 2. The Labute approximate surface area is 246 Å². The first-order valence-corrected chi connectivity index (χ1v) is 14.9. The van der Waals surface area contributed by atoms with Crippen molar-refractivity contribution in [3.8, 4) is 5.75 Å². The Balaban J connectivity index is 1.17. The molecule has 4 fully saturated rings. The molecular weight excluding hydrogens is 663 g/mol. The number of aryl methyl sites for hydroxylation is 1. The van der Waals surface area contributed by atoms with E-state index in [4.69, 9.17) is 27.9 Å². The minimum absolute atomic E-state index is 0.0102. The maximum Gasteiger partial charge on any atom is 0.316 e. The monoisotopic (exact) mass is 682 g/mol. The molecule has 0 unspecified atom stereocenters. The van der Waals surface area contributed by atoms with Crippen molar-refractivity contribution in [1.29, 1.82) is 0 Å². The van der Waals surface area contributed by atoms with Crippen LogP contribution in [0.3, 0.4) is 0 Å². The Kier molecular flexibility index (Phi) is 6.65. The number of hydrogen-bond donors (Lipinski definition) is 0. The fraction of sp³-hybridized carbons (Fsp3) is 0.407. The van der Waals surface area contributed by atoms with E-state index in [0.717, 1.165) is 6.42 Å². The minimum atomic E-state index is -0.677. The first-order valence-electron chi connectivity index (χ1n) is 12.3. The van der Waals surface area contributed by atoms with Crippen molar-refractivity contribution >= 4 is 90.1 Å². The quantitative estimate of drug-likeness (QED) is 0.183. The van der Waals surface area contributed by atoms with Gasteiger partial charge in [0.1, 0.15) is 5.75 Å². The summed E-state index contributed by atoms with van der Waals surface area (Å²) < 4.78 is 5.61. The Morgan fingerprint density at radius 2 is 1.61 bits per heavy atom. The lowest BCUT2D eigenvalue weighted by molar-refractivity contribution is -0.139. The summed E-state index contributed by atoms with van der Waals surface area (Å²) in [6.07, 6.45) is 0.856. The van der Waals surface area contributed by atoms with Crippen LogP contribution in [0.5, 0.6) is 5.75 Å². The average Bonchev–Trinajstić information content (AvgIpc) is 3.59. The molecule has 2 aliphatic heterocycles. The number of imide groups is 1. The third kappa shape index (κ3) is 4.03. The second-order valence-corrected chi connectivity index (χ2v) is 13.3. The van der Waals surface area contributed by atoms with Gasteiger partial charge in [-0.1, -0.05) is 55.1 Å². The number of fused-ring (bicyclic) bond motifs is 5. The molecule has 3 amide bonds. The highest BCUT2D eigenvalue weighted by atomic mass is 79.9. The smallest absolute Gasteiger partial charge is 0.316 e. The number of carbonyl (C=O) groups is 4. The predicted molar refractivity (Wildman–Crippen MR) is 150 cm³/mol. The van der Waals surface area contributed by atoms with E-state index in [2.05, 4.69) is 31.9 Å². The van der Waals surface area contributed by atoms with Gasteiger partial charge in [0.2, 0.25) is 17.7 Å². The molecule has 7 atom stereocenters. The maximum absolute atomic E-state index is 13.4. The summed E-state index contributed by atoms with van der Waals surface area (Å²) in [5.41, 5.74) is 1.60. The summed E-state index contributed by atoms with van der Waals surface area (Å²) in [4.78, 5) is 55.4. The number of hydrogen-bond acceptors (Lipinski definition) is 5. The molecule has 2 heterocycles. The van der Waals surface area contributed by atoms with E-state index >= 15 is 0 Å². The second-order valence-electron chi connectivity index (χ2n) is 10.4. The largest absolute Gasteiger partial charge is 0.426 e. The van der Waals surface area contributed by atoms with Crippen LogP contribution in [0, 0.1) is 36.5 Å². The van der Waals surface area contributed by atoms with Crippen LogP contribution in [0.15, 0.2) is 36.4 Å². The molecule has 2 saturated heterocycles. The van der Waals surface area contributed by atoms with Gasteiger partial charge in [0.15, 0.2) is 0 Å². The standard InChI is InChI=1S/C27H22Br2Cl2N2O5/c1-11-6-14(38-27(37)12-7-20(34)32(10-12)19-8-13(30)2-4-17(19)31)3-5-18(11)33-25(35)21-15-9-16(22(21)26(33)36)24(29)23(15)28/h2-6,8,12,15-16,21-24H,7,9-10H2,1H3/t12-,15-,16-,21-,22-,23-,24+/m1/s1. The Morgan fingerprint density at radius 3 is 2.24 bits per heavy atom. The molecule has 2 saturated carbocycles. The highest BCUT2D eigenvalue weighted by Crippen LogP contribution is 2.60. The second kappa shape index (κ2) is 9.61. The highest BCUT2D eigenvalue weighted by Gasteiger charge is 2.66. The molecular formula is C27H22Br2Cl2N2O5. The van der Waals surface area contributed by atoms with Crippen LogP contribution in [0.1, 0.15) is 18.4 Å². The molecule has 198 valence electrons. The number of anilines is 2. The molecule has 2 bridgehead atoms. The molecule has 38 heavy (non-hydrogen) atoms. The summed E-state index contributed by atoms with van der Waals surface area (Å²) in [5, 5.41) is 0.800. The van der Waals surface area contributed by atoms with Crippen molar-refractivity contribution in [1.82, 2.24) is 0 Å². The van der Waals surface area contributed by atoms with Gasteiger partial charge in [-0.2, -0.15) is 0 Å². The van der Waals surface area contributed by atoms with Crippen LogP contribution < -0.4 is 14.5 Å². The van der Waals surface area contributed by atoms with Crippen LogP contribution in [0.2, 0.25) is 10.0 Å². The first kappa shape index (κ1) is 26.3. The van der Waals surface area contributed by atoms with Gasteiger partial charge in [0.05, 0.1) is 34.2 Å². The summed E-state index contributed by atoms with van der Waals surface area (Å²) in [5.74, 6) is -1.86. The Bertz CT molecular complexity index is 1370. The van der Waals surface area contributed by atoms with Gasteiger partial charge in [0.25, 0.3) is 0 Å². The highest BCUT2D eigenvalue weighted by molar-refractivity contribution is 9.12. The van der Waals surface area contributed by atoms with Crippen LogP contribution in [-0.2, 0) is 19.2 Å². The molecule has 0 N–H and O–H groups in total. The van der Waals surface area contributed by atoms with Crippen LogP contribution in [0.4, 0.5) is 11.4 Å². The van der Waals surface area contributed by atoms with Gasteiger partial charge in [-0.15, -0.1) is 0 Å². The lowest BCUT2D eigenvalue weighted by Crippen LogP contribution is -2.37.